The van der Waals surface area contributed by atoms with E-state index in [-0.39, 0.29) is 5.75 Å². The van der Waals surface area contributed by atoms with Gasteiger partial charge in [0.1, 0.15) is 0 Å². The molecule has 0 aliphatic carbocycles. The Morgan fingerprint density at radius 1 is 1.33 bits per heavy atom. The Labute approximate surface area is 96.2 Å². The van der Waals surface area contributed by atoms with E-state index >= 15 is 0 Å². The van der Waals surface area contributed by atoms with Crippen LogP contribution in [0.4, 0.5) is 0 Å². The first kappa shape index (κ1) is 12.5. The van der Waals surface area contributed by atoms with Gasteiger partial charge in [-0.3, -0.25) is 0 Å². The minimum atomic E-state index is -3.08. The maximum atomic E-state index is 11.6. The zero-order valence-corrected chi connectivity index (χ0v) is 10.3. The molecule has 0 aliphatic heterocycles. The van der Waals surface area contributed by atoms with Gasteiger partial charge < -0.3 is 0 Å². The summed E-state index contributed by atoms with van der Waals surface area (Å²) >= 11 is 5.59. The molecule has 0 amide bonds. The van der Waals surface area contributed by atoms with Crippen LogP contribution in [0.15, 0.2) is 29.2 Å². The fourth-order valence-corrected chi connectivity index (χ4v) is 2.42. The average molecular weight is 247 g/mol. The van der Waals surface area contributed by atoms with Crippen LogP contribution in [0, 0.1) is 0 Å². The molecule has 0 heterocycles. The van der Waals surface area contributed by atoms with Crippen LogP contribution in [-0.4, -0.2) is 20.1 Å². The van der Waals surface area contributed by atoms with Gasteiger partial charge in [0.2, 0.25) is 0 Å². The molecule has 4 heteroatoms. The smallest absolute Gasteiger partial charge is 0.178 e. The Kier molecular flexibility index (Phi) is 4.61. The van der Waals surface area contributed by atoms with Gasteiger partial charge in [-0.05, 0) is 30.5 Å². The number of aryl methyl sites for hydroxylation is 1. The van der Waals surface area contributed by atoms with E-state index in [1.54, 1.807) is 25.1 Å². The molecule has 0 radical (unpaired) electrons. The maximum absolute atomic E-state index is 11.6. The van der Waals surface area contributed by atoms with E-state index in [0.717, 1.165) is 18.4 Å². The Balaban J connectivity index is 2.93. The summed E-state index contributed by atoms with van der Waals surface area (Å²) in [5.74, 6) is 0.747. The molecule has 0 atom stereocenters. The molecule has 0 aromatic heterocycles. The largest absolute Gasteiger partial charge is 0.224 e. The summed E-state index contributed by atoms with van der Waals surface area (Å²) in [6, 6.07) is 7.10. The summed E-state index contributed by atoms with van der Waals surface area (Å²) in [5, 5.41) is 0. The lowest BCUT2D eigenvalue weighted by atomic mass is 10.1. The van der Waals surface area contributed by atoms with Crippen LogP contribution in [0.5, 0.6) is 0 Å². The van der Waals surface area contributed by atoms with Crippen LogP contribution in [-0.2, 0) is 16.3 Å². The van der Waals surface area contributed by atoms with Crippen molar-refractivity contribution in [1.29, 1.82) is 0 Å². The van der Waals surface area contributed by atoms with E-state index < -0.39 is 9.84 Å². The van der Waals surface area contributed by atoms with Crippen molar-refractivity contribution in [2.24, 2.45) is 0 Å². The van der Waals surface area contributed by atoms with E-state index in [9.17, 15) is 8.42 Å². The van der Waals surface area contributed by atoms with Crippen LogP contribution in [0.25, 0.3) is 0 Å². The number of rotatable bonds is 5. The van der Waals surface area contributed by atoms with Crippen molar-refractivity contribution >= 4 is 21.4 Å². The first-order chi connectivity index (χ1) is 7.10. The molecule has 0 aliphatic rings. The molecule has 84 valence electrons. The number of benzene rings is 1. The van der Waals surface area contributed by atoms with Gasteiger partial charge in [-0.25, -0.2) is 8.42 Å². The molecule has 0 N–H and O–H groups in total. The second-order valence-corrected chi connectivity index (χ2v) is 6.00. The molecule has 2 nitrogen and oxygen atoms in total. The molecule has 0 bridgehead atoms. The van der Waals surface area contributed by atoms with Gasteiger partial charge in [0.15, 0.2) is 9.84 Å². The van der Waals surface area contributed by atoms with Gasteiger partial charge in [0.25, 0.3) is 0 Å². The number of halogens is 1. The van der Waals surface area contributed by atoms with Gasteiger partial charge in [-0.2, -0.15) is 0 Å². The van der Waals surface area contributed by atoms with Crippen LogP contribution < -0.4 is 0 Å². The van der Waals surface area contributed by atoms with E-state index in [1.807, 2.05) is 6.07 Å². The third-order valence-corrected chi connectivity index (χ3v) is 4.24. The quantitative estimate of drug-likeness (QED) is 0.749. The standard InChI is InChI=1S/C11H15ClO2S/c1-2-15(13,14)11-7-3-5-10(9-11)6-4-8-12/h3,5,7,9H,2,4,6,8H2,1H3. The molecular formula is C11H15ClO2S. The fourth-order valence-electron chi connectivity index (χ4n) is 1.33. The third kappa shape index (κ3) is 3.50. The van der Waals surface area contributed by atoms with Crippen molar-refractivity contribution in [1.82, 2.24) is 0 Å². The summed E-state index contributed by atoms with van der Waals surface area (Å²) in [6.07, 6.45) is 1.70. The highest BCUT2D eigenvalue weighted by atomic mass is 35.5. The van der Waals surface area contributed by atoms with Gasteiger partial charge >= 0.3 is 0 Å². The lowest BCUT2D eigenvalue weighted by molar-refractivity contribution is 0.597. The van der Waals surface area contributed by atoms with Gasteiger partial charge in [-0.15, -0.1) is 11.6 Å². The number of sulfone groups is 1. The molecule has 15 heavy (non-hydrogen) atoms. The van der Waals surface area contributed by atoms with Crippen molar-refractivity contribution in [2.45, 2.75) is 24.7 Å². The van der Waals surface area contributed by atoms with Gasteiger partial charge in [-0.1, -0.05) is 19.1 Å². The lowest BCUT2D eigenvalue weighted by Gasteiger charge is -2.04. The number of hydrogen-bond acceptors (Lipinski definition) is 2. The Hall–Kier alpha value is -0.540. The molecule has 1 rings (SSSR count). The van der Waals surface area contributed by atoms with Crippen LogP contribution in [0.3, 0.4) is 0 Å². The first-order valence-electron chi connectivity index (χ1n) is 4.98. The zero-order chi connectivity index (χ0) is 11.3. The Bertz CT molecular complexity index is 412. The molecule has 0 unspecified atom stereocenters. The average Bonchev–Trinajstić information content (AvgIpc) is 2.27. The lowest BCUT2D eigenvalue weighted by Crippen LogP contribution is -2.04. The predicted octanol–water partition coefficient (Wildman–Crippen LogP) is 2.65. The van der Waals surface area contributed by atoms with Gasteiger partial charge in [0.05, 0.1) is 10.6 Å². The monoisotopic (exact) mass is 246 g/mol. The summed E-state index contributed by atoms with van der Waals surface area (Å²) in [6.45, 7) is 1.65. The number of hydrogen-bond donors (Lipinski definition) is 0. The van der Waals surface area contributed by atoms with Crippen molar-refractivity contribution in [3.8, 4) is 0 Å². The third-order valence-electron chi connectivity index (χ3n) is 2.24. The molecule has 1 aromatic rings. The van der Waals surface area contributed by atoms with Crippen molar-refractivity contribution in [3.63, 3.8) is 0 Å². The van der Waals surface area contributed by atoms with E-state index in [1.165, 1.54) is 0 Å². The summed E-state index contributed by atoms with van der Waals surface area (Å²) < 4.78 is 23.2. The highest BCUT2D eigenvalue weighted by Crippen LogP contribution is 2.14. The maximum Gasteiger partial charge on any atom is 0.178 e. The molecule has 0 spiro atoms. The topological polar surface area (TPSA) is 34.1 Å². The normalized spacial score (nSPS) is 11.6. The van der Waals surface area contributed by atoms with Crippen molar-refractivity contribution in [3.05, 3.63) is 29.8 Å². The minimum Gasteiger partial charge on any atom is -0.224 e. The van der Waals surface area contributed by atoms with Crippen LogP contribution >= 0.6 is 11.6 Å². The first-order valence-corrected chi connectivity index (χ1v) is 7.16. The SMILES string of the molecule is CCS(=O)(=O)c1cccc(CCCCl)c1. The summed E-state index contributed by atoms with van der Waals surface area (Å²) in [7, 11) is -3.08. The van der Waals surface area contributed by atoms with E-state index in [0.29, 0.717) is 10.8 Å². The molecule has 0 fully saturated rings. The minimum absolute atomic E-state index is 0.145. The molecule has 0 saturated heterocycles. The van der Waals surface area contributed by atoms with Crippen LogP contribution in [0.1, 0.15) is 18.9 Å². The van der Waals surface area contributed by atoms with E-state index in [2.05, 4.69) is 0 Å². The predicted molar refractivity (Wildman–Crippen MR) is 63.2 cm³/mol. The summed E-state index contributed by atoms with van der Waals surface area (Å²) in [4.78, 5) is 0.414. The van der Waals surface area contributed by atoms with Crippen molar-refractivity contribution < 1.29 is 8.42 Å². The van der Waals surface area contributed by atoms with E-state index in [4.69, 9.17) is 11.6 Å². The molecular weight excluding hydrogens is 232 g/mol. The molecule has 1 aromatic carbocycles. The number of alkyl halides is 1. The van der Waals surface area contributed by atoms with Crippen LogP contribution in [0.2, 0.25) is 0 Å². The summed E-state index contributed by atoms with van der Waals surface area (Å²) in [5.41, 5.74) is 1.03. The Morgan fingerprint density at radius 2 is 2.07 bits per heavy atom. The zero-order valence-electron chi connectivity index (χ0n) is 8.74. The second kappa shape index (κ2) is 5.52. The van der Waals surface area contributed by atoms with Gasteiger partial charge in [0, 0.05) is 5.88 Å². The second-order valence-electron chi connectivity index (χ2n) is 3.34. The molecule has 0 saturated carbocycles. The highest BCUT2D eigenvalue weighted by Gasteiger charge is 2.11. The fraction of sp³-hybridized carbons (Fsp3) is 0.455. The highest BCUT2D eigenvalue weighted by molar-refractivity contribution is 7.91. The van der Waals surface area contributed by atoms with Crippen molar-refractivity contribution in [2.75, 3.05) is 11.6 Å². The Morgan fingerprint density at radius 3 is 2.67 bits per heavy atom.